The topological polar surface area (TPSA) is 100 Å². The van der Waals surface area contributed by atoms with Crippen molar-refractivity contribution >= 4 is 23.4 Å². The van der Waals surface area contributed by atoms with Crippen molar-refractivity contribution in [3.05, 3.63) is 66.7 Å². The van der Waals surface area contributed by atoms with Gasteiger partial charge in [-0.1, -0.05) is 56.0 Å². The molecule has 2 aromatic rings. The first-order chi connectivity index (χ1) is 21.5. The molecule has 9 heteroatoms. The van der Waals surface area contributed by atoms with Crippen LogP contribution in [0.25, 0.3) is 0 Å². The molecule has 2 aromatic carbocycles. The third-order valence-corrected chi connectivity index (χ3v) is 10.1. The van der Waals surface area contributed by atoms with Gasteiger partial charge in [-0.3, -0.25) is 14.4 Å². The quantitative estimate of drug-likeness (QED) is 0.413. The largest absolute Gasteiger partial charge is 0.457 e. The van der Waals surface area contributed by atoms with Gasteiger partial charge in [0.25, 0.3) is 0 Å². The highest BCUT2D eigenvalue weighted by Crippen LogP contribution is 2.55. The SMILES string of the molecule is O=C(Nc1ccc(Oc2ccccc2)cc1)[C@H]1[C@H]2C=C[C@@]3(O2)[C@H]1C(=O)N(CCN1CCCCC1)[C@@H]3C(=O)NC1CCCCC1. The maximum absolute atomic E-state index is 14.3. The van der Waals surface area contributed by atoms with E-state index in [9.17, 15) is 14.4 Å². The Morgan fingerprint density at radius 1 is 0.864 bits per heavy atom. The number of hydrogen-bond acceptors (Lipinski definition) is 6. The van der Waals surface area contributed by atoms with Crippen LogP contribution >= 0.6 is 0 Å². The maximum Gasteiger partial charge on any atom is 0.246 e. The molecule has 5 aliphatic rings. The van der Waals surface area contributed by atoms with Gasteiger partial charge in [0.1, 0.15) is 23.1 Å². The number of hydrogen-bond donors (Lipinski definition) is 2. The van der Waals surface area contributed by atoms with Crippen LogP contribution in [0.3, 0.4) is 0 Å². The molecule has 1 aliphatic carbocycles. The summed E-state index contributed by atoms with van der Waals surface area (Å²) in [6.45, 7) is 3.17. The van der Waals surface area contributed by atoms with Crippen molar-refractivity contribution < 1.29 is 23.9 Å². The predicted octanol–water partition coefficient (Wildman–Crippen LogP) is 4.50. The van der Waals surface area contributed by atoms with Gasteiger partial charge in [0.15, 0.2) is 0 Å². The number of rotatable bonds is 9. The van der Waals surface area contributed by atoms with Gasteiger partial charge in [-0.15, -0.1) is 0 Å². The number of carbonyl (C=O) groups excluding carboxylic acids is 3. The molecule has 5 atom stereocenters. The van der Waals surface area contributed by atoms with Gasteiger partial charge in [0.2, 0.25) is 17.7 Å². The van der Waals surface area contributed by atoms with E-state index in [-0.39, 0.29) is 23.8 Å². The first kappa shape index (κ1) is 29.0. The third-order valence-electron chi connectivity index (χ3n) is 10.1. The van der Waals surface area contributed by atoms with Gasteiger partial charge in [-0.25, -0.2) is 0 Å². The van der Waals surface area contributed by atoms with Crippen LogP contribution in [0, 0.1) is 11.8 Å². The number of anilines is 1. The van der Waals surface area contributed by atoms with Crippen molar-refractivity contribution in [2.45, 2.75) is 75.2 Å². The van der Waals surface area contributed by atoms with Crippen LogP contribution in [0.5, 0.6) is 11.5 Å². The first-order valence-electron chi connectivity index (χ1n) is 16.4. The molecule has 2 N–H and O–H groups in total. The molecule has 2 bridgehead atoms. The normalized spacial score (nSPS) is 29.9. The van der Waals surface area contributed by atoms with Crippen LogP contribution in [-0.4, -0.2) is 77.5 Å². The van der Waals surface area contributed by atoms with Crippen molar-refractivity contribution in [2.24, 2.45) is 11.8 Å². The van der Waals surface area contributed by atoms with E-state index >= 15 is 0 Å². The first-order valence-corrected chi connectivity index (χ1v) is 16.4. The van der Waals surface area contributed by atoms with Gasteiger partial charge >= 0.3 is 0 Å². The van der Waals surface area contributed by atoms with E-state index < -0.39 is 29.6 Å². The summed E-state index contributed by atoms with van der Waals surface area (Å²) in [5, 5.41) is 6.28. The minimum atomic E-state index is -1.14. The summed E-state index contributed by atoms with van der Waals surface area (Å²) < 4.78 is 12.4. The second-order valence-corrected chi connectivity index (χ2v) is 12.9. The summed E-state index contributed by atoms with van der Waals surface area (Å²) in [5.41, 5.74) is -0.534. The van der Waals surface area contributed by atoms with Gasteiger partial charge < -0.3 is 29.9 Å². The molecule has 0 unspecified atom stereocenters. The Bertz CT molecular complexity index is 1390. The van der Waals surface area contributed by atoms with Crippen LogP contribution in [-0.2, 0) is 19.1 Å². The van der Waals surface area contributed by atoms with Gasteiger partial charge in [0, 0.05) is 24.8 Å². The Morgan fingerprint density at radius 3 is 2.32 bits per heavy atom. The van der Waals surface area contributed by atoms with E-state index in [1.165, 1.54) is 12.8 Å². The Morgan fingerprint density at radius 2 is 1.57 bits per heavy atom. The fourth-order valence-electron chi connectivity index (χ4n) is 7.92. The smallest absolute Gasteiger partial charge is 0.246 e. The zero-order chi connectivity index (χ0) is 30.1. The fourth-order valence-corrected chi connectivity index (χ4v) is 7.92. The van der Waals surface area contributed by atoms with E-state index in [0.717, 1.165) is 57.4 Å². The summed E-state index contributed by atoms with van der Waals surface area (Å²) in [4.78, 5) is 46.2. The molecule has 4 aliphatic heterocycles. The molecule has 44 heavy (non-hydrogen) atoms. The highest BCUT2D eigenvalue weighted by atomic mass is 16.5. The molecule has 7 rings (SSSR count). The number of piperidine rings is 1. The minimum Gasteiger partial charge on any atom is -0.457 e. The van der Waals surface area contributed by atoms with Crippen LogP contribution in [0.1, 0.15) is 51.4 Å². The van der Waals surface area contributed by atoms with Crippen LogP contribution < -0.4 is 15.4 Å². The second kappa shape index (κ2) is 12.4. The zero-order valence-corrected chi connectivity index (χ0v) is 25.2. The summed E-state index contributed by atoms with van der Waals surface area (Å²) in [5.74, 6) is -0.690. The molecule has 9 nitrogen and oxygen atoms in total. The molecular weight excluding hydrogens is 556 g/mol. The number of benzene rings is 2. The van der Waals surface area contributed by atoms with Crippen molar-refractivity contribution in [3.63, 3.8) is 0 Å². The third kappa shape index (κ3) is 5.52. The summed E-state index contributed by atoms with van der Waals surface area (Å²) in [6.07, 6.45) is 12.0. The lowest BCUT2D eigenvalue weighted by atomic mass is 9.74. The Labute approximate surface area is 258 Å². The van der Waals surface area contributed by atoms with Gasteiger partial charge in [-0.2, -0.15) is 0 Å². The highest BCUT2D eigenvalue weighted by Gasteiger charge is 2.72. The average molecular weight is 599 g/mol. The number of nitrogens with one attached hydrogen (secondary N) is 2. The molecular formula is C35H42N4O5. The highest BCUT2D eigenvalue weighted by molar-refractivity contribution is 6.02. The van der Waals surface area contributed by atoms with E-state index in [0.29, 0.717) is 24.5 Å². The molecule has 3 amide bonds. The van der Waals surface area contributed by atoms with Crippen molar-refractivity contribution in [2.75, 3.05) is 31.5 Å². The van der Waals surface area contributed by atoms with Crippen molar-refractivity contribution in [1.29, 1.82) is 0 Å². The minimum absolute atomic E-state index is 0.112. The van der Waals surface area contributed by atoms with E-state index in [1.54, 1.807) is 29.2 Å². The van der Waals surface area contributed by atoms with Crippen LogP contribution in [0.15, 0.2) is 66.7 Å². The molecule has 232 valence electrons. The molecule has 4 fully saturated rings. The van der Waals surface area contributed by atoms with Gasteiger partial charge in [-0.05, 0) is 75.2 Å². The number of fused-ring (bicyclic) bond motifs is 1. The monoisotopic (exact) mass is 598 g/mol. The number of ether oxygens (including phenoxy) is 2. The van der Waals surface area contributed by atoms with E-state index in [2.05, 4.69) is 15.5 Å². The number of para-hydroxylation sites is 1. The van der Waals surface area contributed by atoms with E-state index in [4.69, 9.17) is 9.47 Å². The predicted molar refractivity (Wildman–Crippen MR) is 166 cm³/mol. The molecule has 1 spiro atoms. The Balaban J connectivity index is 1.09. The standard InChI is InChI=1S/C35H42N4O5/c40-32(36-25-14-16-27(17-15-25)43-26-12-6-2-7-13-26)29-28-18-19-35(44-28)30(29)34(42)39(23-22-38-20-8-3-9-21-38)31(35)33(41)37-24-10-4-1-5-11-24/h2,6-7,12-19,24,28-31H,1,3-5,8-11,20-23H2,(H,36,40)(H,37,41)/t28-,29+,30-,31-,35-/m1/s1. The zero-order valence-electron chi connectivity index (χ0n) is 25.2. The second-order valence-electron chi connectivity index (χ2n) is 12.9. The number of likely N-dealkylation sites (tertiary alicyclic amines) is 2. The molecule has 1 saturated carbocycles. The molecule has 0 radical (unpaired) electrons. The van der Waals surface area contributed by atoms with Crippen molar-refractivity contribution in [1.82, 2.24) is 15.1 Å². The summed E-state index contributed by atoms with van der Waals surface area (Å²) in [7, 11) is 0. The number of amides is 3. The number of nitrogens with zero attached hydrogens (tertiary/aromatic N) is 2. The lowest BCUT2D eigenvalue weighted by Gasteiger charge is -2.35. The average Bonchev–Trinajstić information content (AvgIpc) is 3.69. The molecule has 4 heterocycles. The summed E-state index contributed by atoms with van der Waals surface area (Å²) in [6, 6.07) is 16.0. The number of carbonyl (C=O) groups is 3. The van der Waals surface area contributed by atoms with Crippen LogP contribution in [0.4, 0.5) is 5.69 Å². The lowest BCUT2D eigenvalue weighted by Crippen LogP contribution is -2.57. The van der Waals surface area contributed by atoms with Gasteiger partial charge in [0.05, 0.1) is 17.9 Å². The fraction of sp³-hybridized carbons (Fsp3) is 0.514. The molecule has 0 aromatic heterocycles. The maximum atomic E-state index is 14.3. The summed E-state index contributed by atoms with van der Waals surface area (Å²) >= 11 is 0. The Kier molecular flexibility index (Phi) is 8.16. The van der Waals surface area contributed by atoms with Crippen LogP contribution in [0.2, 0.25) is 0 Å². The lowest BCUT2D eigenvalue weighted by molar-refractivity contribution is -0.141. The van der Waals surface area contributed by atoms with Crippen molar-refractivity contribution in [3.8, 4) is 11.5 Å². The van der Waals surface area contributed by atoms with E-state index in [1.807, 2.05) is 42.5 Å². The molecule has 3 saturated heterocycles. The Hall–Kier alpha value is -3.69.